The molecule has 0 aromatic heterocycles. The van der Waals surface area contributed by atoms with Crippen LogP contribution in [0.5, 0.6) is 5.75 Å². The highest BCUT2D eigenvalue weighted by Crippen LogP contribution is 2.16. The van der Waals surface area contributed by atoms with E-state index in [0.29, 0.717) is 31.0 Å². The van der Waals surface area contributed by atoms with Crippen LogP contribution in [-0.4, -0.2) is 48.5 Å². The van der Waals surface area contributed by atoms with Crippen LogP contribution in [0.4, 0.5) is 5.69 Å². The summed E-state index contributed by atoms with van der Waals surface area (Å²) in [5.41, 5.74) is 0.584. The summed E-state index contributed by atoms with van der Waals surface area (Å²) in [5.74, 6) is -0.358. The summed E-state index contributed by atoms with van der Waals surface area (Å²) in [6.45, 7) is 4.40. The molecule has 0 radical (unpaired) electrons. The highest BCUT2D eigenvalue weighted by atomic mass is 16.5. The number of nitrogens with one attached hydrogen (secondary N) is 1. The Morgan fingerprint density at radius 2 is 2.00 bits per heavy atom. The van der Waals surface area contributed by atoms with Crippen molar-refractivity contribution in [3.05, 3.63) is 24.3 Å². The van der Waals surface area contributed by atoms with Crippen LogP contribution in [0.3, 0.4) is 0 Å². The Hall–Kier alpha value is -2.57. The van der Waals surface area contributed by atoms with Gasteiger partial charge in [0.25, 0.3) is 5.91 Å². The molecule has 2 amide bonds. The van der Waals surface area contributed by atoms with E-state index in [2.05, 4.69) is 5.32 Å². The van der Waals surface area contributed by atoms with Gasteiger partial charge >= 0.3 is 5.97 Å². The van der Waals surface area contributed by atoms with Crippen LogP contribution >= 0.6 is 0 Å². The van der Waals surface area contributed by atoms with Crippen LogP contribution in [0.1, 0.15) is 26.7 Å². The lowest BCUT2D eigenvalue weighted by Gasteiger charge is -2.17. The lowest BCUT2D eigenvalue weighted by molar-refractivity contribution is -0.155. The monoisotopic (exact) mass is 334 g/mol. The molecular formula is C17H22N2O5. The van der Waals surface area contributed by atoms with Crippen LogP contribution in [0.2, 0.25) is 0 Å². The lowest BCUT2D eigenvalue weighted by atomic mass is 10.3. The largest absolute Gasteiger partial charge is 0.494 e. The summed E-state index contributed by atoms with van der Waals surface area (Å²) in [7, 11) is 0. The van der Waals surface area contributed by atoms with Crippen molar-refractivity contribution in [1.82, 2.24) is 4.90 Å². The number of nitrogens with zero attached hydrogens (tertiary/aromatic N) is 1. The minimum atomic E-state index is -0.943. The molecule has 2 rings (SSSR count). The van der Waals surface area contributed by atoms with Gasteiger partial charge in [0.1, 0.15) is 12.3 Å². The molecule has 7 heteroatoms. The van der Waals surface area contributed by atoms with Crippen LogP contribution < -0.4 is 10.1 Å². The highest BCUT2D eigenvalue weighted by molar-refractivity contribution is 5.95. The summed E-state index contributed by atoms with van der Waals surface area (Å²) in [6, 6.07) is 6.91. The van der Waals surface area contributed by atoms with E-state index in [0.717, 1.165) is 6.42 Å². The zero-order valence-corrected chi connectivity index (χ0v) is 13.9. The maximum Gasteiger partial charge on any atom is 0.326 e. The zero-order chi connectivity index (χ0) is 17.5. The Labute approximate surface area is 140 Å². The molecular weight excluding hydrogens is 312 g/mol. The second kappa shape index (κ2) is 8.33. The Morgan fingerprint density at radius 1 is 1.29 bits per heavy atom. The molecule has 1 heterocycles. The van der Waals surface area contributed by atoms with E-state index in [1.807, 2.05) is 6.92 Å². The number of amides is 2. The highest BCUT2D eigenvalue weighted by Gasteiger charge is 2.25. The molecule has 0 spiro atoms. The molecule has 1 aromatic carbocycles. The van der Waals surface area contributed by atoms with Crippen molar-refractivity contribution in [2.45, 2.75) is 32.8 Å². The summed E-state index contributed by atoms with van der Waals surface area (Å²) in [4.78, 5) is 36.8. The van der Waals surface area contributed by atoms with Crippen LogP contribution in [0.15, 0.2) is 24.3 Å². The van der Waals surface area contributed by atoms with Crippen molar-refractivity contribution in [2.75, 3.05) is 25.0 Å². The van der Waals surface area contributed by atoms with Crippen molar-refractivity contribution in [3.8, 4) is 5.75 Å². The first-order valence-corrected chi connectivity index (χ1v) is 8.00. The average Bonchev–Trinajstić information content (AvgIpc) is 2.94. The van der Waals surface area contributed by atoms with Crippen LogP contribution in [0, 0.1) is 0 Å². The second-order valence-corrected chi connectivity index (χ2v) is 5.50. The van der Waals surface area contributed by atoms with Crippen molar-refractivity contribution in [2.24, 2.45) is 0 Å². The first-order chi connectivity index (χ1) is 11.5. The molecule has 0 unspecified atom stereocenters. The van der Waals surface area contributed by atoms with Crippen molar-refractivity contribution >= 4 is 23.5 Å². The van der Waals surface area contributed by atoms with Gasteiger partial charge in [-0.2, -0.15) is 0 Å². The molecule has 1 aliphatic rings. The minimum absolute atomic E-state index is 0.0570. The Balaban J connectivity index is 1.80. The summed E-state index contributed by atoms with van der Waals surface area (Å²) < 4.78 is 10.4. The standard InChI is InChI=1S/C17H22N2O5/c1-3-23-14-8-6-13(7-9-14)18-17(22)12(2)24-16(21)11-19-10-4-5-15(19)20/h6-9,12H,3-5,10-11H2,1-2H3,(H,18,22)/t12-/m1/s1. The van der Waals surface area contributed by atoms with Gasteiger partial charge in [-0.25, -0.2) is 0 Å². The first-order valence-electron chi connectivity index (χ1n) is 8.00. The number of likely N-dealkylation sites (tertiary alicyclic amines) is 1. The number of esters is 1. The molecule has 1 aliphatic heterocycles. The number of ether oxygens (including phenoxy) is 2. The van der Waals surface area contributed by atoms with Crippen molar-refractivity contribution in [1.29, 1.82) is 0 Å². The molecule has 1 atom stereocenters. The van der Waals surface area contributed by atoms with Gasteiger partial charge in [0, 0.05) is 18.7 Å². The van der Waals surface area contributed by atoms with E-state index < -0.39 is 18.0 Å². The second-order valence-electron chi connectivity index (χ2n) is 5.50. The third-order valence-corrected chi connectivity index (χ3v) is 3.60. The van der Waals surface area contributed by atoms with E-state index in [1.165, 1.54) is 11.8 Å². The third kappa shape index (κ3) is 4.97. The zero-order valence-electron chi connectivity index (χ0n) is 13.9. The van der Waals surface area contributed by atoms with Gasteiger partial charge in [-0.15, -0.1) is 0 Å². The van der Waals surface area contributed by atoms with Gasteiger partial charge in [-0.05, 0) is 44.5 Å². The fraction of sp³-hybridized carbons (Fsp3) is 0.471. The predicted octanol–water partition coefficient (Wildman–Crippen LogP) is 1.58. The number of hydrogen-bond donors (Lipinski definition) is 1. The smallest absolute Gasteiger partial charge is 0.326 e. The van der Waals surface area contributed by atoms with Crippen LogP contribution in [-0.2, 0) is 19.1 Å². The summed E-state index contributed by atoms with van der Waals surface area (Å²) in [6.07, 6.45) is 0.266. The van der Waals surface area contributed by atoms with Gasteiger partial charge in [0.15, 0.2) is 6.10 Å². The third-order valence-electron chi connectivity index (χ3n) is 3.60. The van der Waals surface area contributed by atoms with Crippen molar-refractivity contribution < 1.29 is 23.9 Å². The van der Waals surface area contributed by atoms with E-state index in [-0.39, 0.29) is 12.5 Å². The van der Waals surface area contributed by atoms with Gasteiger partial charge in [0.2, 0.25) is 5.91 Å². The molecule has 24 heavy (non-hydrogen) atoms. The Morgan fingerprint density at radius 3 is 2.58 bits per heavy atom. The molecule has 1 saturated heterocycles. The van der Waals surface area contributed by atoms with Crippen molar-refractivity contribution in [3.63, 3.8) is 0 Å². The number of hydrogen-bond acceptors (Lipinski definition) is 5. The maximum absolute atomic E-state index is 12.1. The number of benzene rings is 1. The SMILES string of the molecule is CCOc1ccc(NC(=O)[C@@H](C)OC(=O)CN2CCCC2=O)cc1. The molecule has 1 N–H and O–H groups in total. The molecule has 0 aliphatic carbocycles. The lowest BCUT2D eigenvalue weighted by Crippen LogP contribution is -2.36. The molecule has 1 fully saturated rings. The van der Waals surface area contributed by atoms with Gasteiger partial charge in [-0.1, -0.05) is 0 Å². The van der Waals surface area contributed by atoms with E-state index in [4.69, 9.17) is 9.47 Å². The fourth-order valence-electron chi connectivity index (χ4n) is 2.36. The molecule has 0 bridgehead atoms. The summed E-state index contributed by atoms with van der Waals surface area (Å²) in [5, 5.41) is 2.67. The minimum Gasteiger partial charge on any atom is -0.494 e. The van der Waals surface area contributed by atoms with Gasteiger partial charge in [-0.3, -0.25) is 14.4 Å². The maximum atomic E-state index is 12.1. The van der Waals surface area contributed by atoms with Gasteiger partial charge in [0.05, 0.1) is 6.61 Å². The summed E-state index contributed by atoms with van der Waals surface area (Å²) >= 11 is 0. The van der Waals surface area contributed by atoms with E-state index in [1.54, 1.807) is 24.3 Å². The predicted molar refractivity (Wildman–Crippen MR) is 87.6 cm³/mol. The number of anilines is 1. The number of carbonyl (C=O) groups is 3. The topological polar surface area (TPSA) is 84.9 Å². The Bertz CT molecular complexity index is 600. The van der Waals surface area contributed by atoms with E-state index in [9.17, 15) is 14.4 Å². The quantitative estimate of drug-likeness (QED) is 0.765. The number of rotatable bonds is 7. The fourth-order valence-corrected chi connectivity index (χ4v) is 2.36. The molecule has 0 saturated carbocycles. The number of carbonyl (C=O) groups excluding carboxylic acids is 3. The van der Waals surface area contributed by atoms with E-state index >= 15 is 0 Å². The molecule has 130 valence electrons. The first kappa shape index (κ1) is 17.8. The molecule has 1 aromatic rings. The van der Waals surface area contributed by atoms with Crippen LogP contribution in [0.25, 0.3) is 0 Å². The average molecular weight is 334 g/mol. The normalized spacial score (nSPS) is 15.1. The molecule has 7 nitrogen and oxygen atoms in total. The Kier molecular flexibility index (Phi) is 6.17. The van der Waals surface area contributed by atoms with Gasteiger partial charge < -0.3 is 19.7 Å².